The number of carbonyl (C=O) groups excluding carboxylic acids is 5. The van der Waals surface area contributed by atoms with Gasteiger partial charge >= 0.3 is 11.9 Å². The van der Waals surface area contributed by atoms with Gasteiger partial charge in [-0.2, -0.15) is 0 Å². The van der Waals surface area contributed by atoms with Crippen molar-refractivity contribution in [3.8, 4) is 0 Å². The Kier molecular flexibility index (Phi) is 10.1. The molecule has 1 aliphatic heterocycles. The van der Waals surface area contributed by atoms with Gasteiger partial charge in [0.2, 0.25) is 0 Å². The Morgan fingerprint density at radius 3 is 2.14 bits per heavy atom. The molecule has 1 aliphatic carbocycles. The highest BCUT2D eigenvalue weighted by atomic mass is 35.5. The van der Waals surface area contributed by atoms with E-state index >= 15 is 0 Å². The zero-order valence-corrected chi connectivity index (χ0v) is 27.0. The highest BCUT2D eigenvalue weighted by Gasteiger charge is 2.47. The number of ether oxygens (including phenoxy) is 2. The van der Waals surface area contributed by atoms with Crippen LogP contribution in [0.2, 0.25) is 20.1 Å². The smallest absolute Gasteiger partial charge is 0.341 e. The molecule has 2 aliphatic rings. The van der Waals surface area contributed by atoms with Crippen LogP contribution in [0.4, 0.5) is 5.00 Å². The summed E-state index contributed by atoms with van der Waals surface area (Å²) in [6.07, 6.45) is 2.41. The van der Waals surface area contributed by atoms with Crippen molar-refractivity contribution >= 4 is 92.4 Å². The lowest BCUT2D eigenvalue weighted by Gasteiger charge is -2.25. The van der Waals surface area contributed by atoms with Gasteiger partial charge in [0.15, 0.2) is 6.61 Å². The first-order chi connectivity index (χ1) is 19.8. The Morgan fingerprint density at radius 1 is 1.00 bits per heavy atom. The van der Waals surface area contributed by atoms with Gasteiger partial charge in [-0.05, 0) is 50.0 Å². The molecule has 2 atom stereocenters. The highest BCUT2D eigenvalue weighted by molar-refractivity contribution is 7.17. The van der Waals surface area contributed by atoms with Gasteiger partial charge in [0.25, 0.3) is 17.7 Å². The summed E-state index contributed by atoms with van der Waals surface area (Å²) >= 11 is 26.0. The number of anilines is 1. The minimum Gasteiger partial charge on any atom is -0.462 e. The molecular formula is C28H28Cl4N2O7S. The van der Waals surface area contributed by atoms with Crippen LogP contribution < -0.4 is 5.32 Å². The van der Waals surface area contributed by atoms with E-state index in [4.69, 9.17) is 55.9 Å². The van der Waals surface area contributed by atoms with Gasteiger partial charge in [-0.1, -0.05) is 67.2 Å². The van der Waals surface area contributed by atoms with E-state index in [-0.39, 0.29) is 50.2 Å². The molecule has 0 spiro atoms. The number of nitrogens with one attached hydrogen (secondary N) is 1. The number of amides is 3. The van der Waals surface area contributed by atoms with Crippen LogP contribution in [0.15, 0.2) is 0 Å². The molecule has 0 bridgehead atoms. The molecule has 2 heterocycles. The quantitative estimate of drug-likeness (QED) is 0.133. The second-order valence-electron chi connectivity index (χ2n) is 10.6. The molecule has 4 rings (SSSR count). The predicted molar refractivity (Wildman–Crippen MR) is 161 cm³/mol. The molecule has 226 valence electrons. The van der Waals surface area contributed by atoms with Crippen LogP contribution >= 0.6 is 57.7 Å². The average molecular weight is 678 g/mol. The van der Waals surface area contributed by atoms with E-state index in [1.54, 1.807) is 20.8 Å². The van der Waals surface area contributed by atoms with Gasteiger partial charge in [-0.15, -0.1) is 11.3 Å². The second kappa shape index (κ2) is 13.1. The number of esters is 2. The van der Waals surface area contributed by atoms with Crippen molar-refractivity contribution in [1.29, 1.82) is 0 Å². The molecule has 2 aromatic rings. The highest BCUT2D eigenvalue weighted by Crippen LogP contribution is 2.45. The summed E-state index contributed by atoms with van der Waals surface area (Å²) in [6.45, 7) is 6.84. The molecule has 0 saturated heterocycles. The topological polar surface area (TPSA) is 119 Å². The zero-order chi connectivity index (χ0) is 31.0. The SMILES string of the molecule is CCOC(=O)c1c(NC(=O)COC(=O)[C@@H](CC(C)C)N2C(=O)c3c(Cl)c(Cl)c(Cl)c(Cl)c3C2=O)sc2c1CC[C@@H](C)C2. The number of fused-ring (bicyclic) bond motifs is 2. The molecule has 9 nitrogen and oxygen atoms in total. The van der Waals surface area contributed by atoms with Crippen molar-refractivity contribution in [3.63, 3.8) is 0 Å². The summed E-state index contributed by atoms with van der Waals surface area (Å²) in [5, 5.41) is 2.08. The summed E-state index contributed by atoms with van der Waals surface area (Å²) in [5.74, 6) is -3.70. The summed E-state index contributed by atoms with van der Waals surface area (Å²) in [4.78, 5) is 67.4. The van der Waals surface area contributed by atoms with Crippen LogP contribution in [-0.2, 0) is 31.9 Å². The number of nitrogens with zero attached hydrogens (tertiary/aromatic N) is 1. The fourth-order valence-electron chi connectivity index (χ4n) is 5.06. The summed E-state index contributed by atoms with van der Waals surface area (Å²) in [5.41, 5.74) is 0.660. The first-order valence-electron chi connectivity index (χ1n) is 13.3. The molecule has 1 N–H and O–H groups in total. The van der Waals surface area contributed by atoms with E-state index in [0.29, 0.717) is 27.8 Å². The van der Waals surface area contributed by atoms with Gasteiger partial charge in [-0.25, -0.2) is 9.59 Å². The third-order valence-electron chi connectivity index (χ3n) is 7.00. The van der Waals surface area contributed by atoms with E-state index in [2.05, 4.69) is 12.2 Å². The van der Waals surface area contributed by atoms with Gasteiger partial charge in [0.05, 0.1) is 43.4 Å². The van der Waals surface area contributed by atoms with Crippen LogP contribution in [0.3, 0.4) is 0 Å². The molecule has 0 unspecified atom stereocenters. The Hall–Kier alpha value is -2.37. The molecule has 0 fully saturated rings. The standard InChI is InChI=1S/C28H28Cl4N2O7S/c1-5-40-28(39)17-13-7-6-12(4)9-15(13)42-24(17)33-16(35)10-41-27(38)14(8-11(2)3)34-25(36)18-19(26(34)37)21(30)23(32)22(31)20(18)29/h11-12,14H,5-10H2,1-4H3,(H,33,35)/t12-,14-/m1/s1. The van der Waals surface area contributed by atoms with Crippen LogP contribution in [0.5, 0.6) is 0 Å². The number of rotatable bonds is 9. The summed E-state index contributed by atoms with van der Waals surface area (Å²) in [7, 11) is 0. The van der Waals surface area contributed by atoms with E-state index in [0.717, 1.165) is 23.3 Å². The lowest BCUT2D eigenvalue weighted by molar-refractivity contribution is -0.151. The molecule has 0 saturated carbocycles. The maximum Gasteiger partial charge on any atom is 0.341 e. The van der Waals surface area contributed by atoms with Crippen molar-refractivity contribution in [1.82, 2.24) is 4.90 Å². The third kappa shape index (κ3) is 6.15. The molecular weight excluding hydrogens is 650 g/mol. The second-order valence-corrected chi connectivity index (χ2v) is 13.2. The number of thiophene rings is 1. The first-order valence-corrected chi connectivity index (χ1v) is 15.6. The van der Waals surface area contributed by atoms with Crippen molar-refractivity contribution in [2.45, 2.75) is 59.4 Å². The van der Waals surface area contributed by atoms with Gasteiger partial charge in [0, 0.05) is 4.88 Å². The maximum atomic E-state index is 13.4. The molecule has 14 heteroatoms. The van der Waals surface area contributed by atoms with Gasteiger partial charge < -0.3 is 14.8 Å². The number of halogens is 4. The van der Waals surface area contributed by atoms with E-state index in [1.165, 1.54) is 11.3 Å². The molecule has 1 aromatic carbocycles. The van der Waals surface area contributed by atoms with E-state index in [1.807, 2.05) is 0 Å². The monoisotopic (exact) mass is 676 g/mol. The van der Waals surface area contributed by atoms with Crippen LogP contribution in [0.25, 0.3) is 0 Å². The van der Waals surface area contributed by atoms with Crippen LogP contribution in [0, 0.1) is 11.8 Å². The predicted octanol–water partition coefficient (Wildman–Crippen LogP) is 6.86. The van der Waals surface area contributed by atoms with Crippen LogP contribution in [0.1, 0.15) is 82.1 Å². The molecule has 3 amide bonds. The largest absolute Gasteiger partial charge is 0.462 e. The lowest BCUT2D eigenvalue weighted by atomic mass is 9.88. The first kappa shape index (κ1) is 32.5. The van der Waals surface area contributed by atoms with E-state index < -0.39 is 42.3 Å². The van der Waals surface area contributed by atoms with Crippen molar-refractivity contribution in [3.05, 3.63) is 47.2 Å². The number of hydrogen-bond donors (Lipinski definition) is 1. The van der Waals surface area contributed by atoms with Crippen molar-refractivity contribution in [2.75, 3.05) is 18.5 Å². The molecule has 0 radical (unpaired) electrons. The lowest BCUT2D eigenvalue weighted by Crippen LogP contribution is -2.47. The van der Waals surface area contributed by atoms with Gasteiger partial charge in [-0.3, -0.25) is 19.3 Å². The van der Waals surface area contributed by atoms with Crippen molar-refractivity contribution < 1.29 is 33.4 Å². The number of benzene rings is 1. The fourth-order valence-corrected chi connectivity index (χ4v) is 7.49. The zero-order valence-electron chi connectivity index (χ0n) is 23.2. The number of hydrogen-bond acceptors (Lipinski definition) is 8. The van der Waals surface area contributed by atoms with Crippen molar-refractivity contribution in [2.24, 2.45) is 11.8 Å². The van der Waals surface area contributed by atoms with E-state index in [9.17, 15) is 24.0 Å². The summed E-state index contributed by atoms with van der Waals surface area (Å²) < 4.78 is 10.5. The summed E-state index contributed by atoms with van der Waals surface area (Å²) in [6, 6.07) is -1.39. The minimum atomic E-state index is -1.39. The number of carbonyl (C=O) groups is 5. The average Bonchev–Trinajstić information content (AvgIpc) is 3.40. The third-order valence-corrected chi connectivity index (χ3v) is 9.97. The fraction of sp³-hybridized carbons (Fsp3) is 0.464. The number of imide groups is 1. The minimum absolute atomic E-state index is 0.0332. The molecule has 1 aromatic heterocycles. The Balaban J connectivity index is 1.54. The normalized spacial score (nSPS) is 16.8. The Morgan fingerprint density at radius 2 is 1.60 bits per heavy atom. The van der Waals surface area contributed by atoms with Gasteiger partial charge in [0.1, 0.15) is 11.0 Å². The molecule has 42 heavy (non-hydrogen) atoms. The Labute approximate surface area is 266 Å². The Bertz CT molecular complexity index is 1440. The van der Waals surface area contributed by atoms with Crippen LogP contribution in [-0.4, -0.2) is 53.8 Å². The maximum absolute atomic E-state index is 13.4.